The van der Waals surface area contributed by atoms with Gasteiger partial charge in [-0.05, 0) is 49.8 Å². The van der Waals surface area contributed by atoms with Gasteiger partial charge in [0.05, 0.1) is 0 Å². The van der Waals surface area contributed by atoms with Gasteiger partial charge in [0.2, 0.25) is 0 Å². The van der Waals surface area contributed by atoms with Gasteiger partial charge in [-0.15, -0.1) is 0 Å². The molecule has 1 fully saturated rings. The molecule has 0 bridgehead atoms. The molecule has 0 heterocycles. The van der Waals surface area contributed by atoms with Crippen molar-refractivity contribution in [2.45, 2.75) is 38.6 Å². The van der Waals surface area contributed by atoms with Crippen LogP contribution in [0.2, 0.25) is 0 Å². The number of hydrogen-bond acceptors (Lipinski definition) is 1. The van der Waals surface area contributed by atoms with Crippen LogP contribution in [0.3, 0.4) is 0 Å². The van der Waals surface area contributed by atoms with Crippen LogP contribution in [0.25, 0.3) is 0 Å². The summed E-state index contributed by atoms with van der Waals surface area (Å²) in [5, 5.41) is 3.44. The lowest BCUT2D eigenvalue weighted by atomic mass is 10.0. The van der Waals surface area contributed by atoms with Crippen LogP contribution in [-0.4, -0.2) is 13.1 Å². The minimum absolute atomic E-state index is 0.692. The molecule has 1 nitrogen and oxygen atoms in total. The first-order valence-corrected chi connectivity index (χ1v) is 6.08. The van der Waals surface area contributed by atoms with Crippen LogP contribution in [-0.2, 0) is 12.8 Å². The molecule has 0 saturated heterocycles. The Morgan fingerprint density at radius 2 is 1.80 bits per heavy atom. The van der Waals surface area contributed by atoms with Gasteiger partial charge in [0.1, 0.15) is 0 Å². The van der Waals surface area contributed by atoms with Gasteiger partial charge in [0, 0.05) is 6.04 Å². The fraction of sp³-hybridized carbons (Fsp3) is 0.571. The molecule has 1 saturated carbocycles. The lowest BCUT2D eigenvalue weighted by Crippen LogP contribution is -2.29. The van der Waals surface area contributed by atoms with Crippen molar-refractivity contribution < 1.29 is 0 Å². The SMILES string of the molecule is CCc1ccc(CC(NC)C2CC2)cc1. The maximum absolute atomic E-state index is 3.44. The van der Waals surface area contributed by atoms with E-state index in [2.05, 4.69) is 43.6 Å². The first kappa shape index (κ1) is 10.7. The zero-order chi connectivity index (χ0) is 10.7. The highest BCUT2D eigenvalue weighted by Gasteiger charge is 2.29. The van der Waals surface area contributed by atoms with Crippen molar-refractivity contribution in [1.29, 1.82) is 0 Å². The number of likely N-dealkylation sites (N-methyl/N-ethyl adjacent to an activating group) is 1. The smallest absolute Gasteiger partial charge is 0.0133 e. The second-order valence-electron chi connectivity index (χ2n) is 4.61. The van der Waals surface area contributed by atoms with Crippen molar-refractivity contribution in [2.75, 3.05) is 7.05 Å². The van der Waals surface area contributed by atoms with E-state index < -0.39 is 0 Å². The number of hydrogen-bond donors (Lipinski definition) is 1. The minimum Gasteiger partial charge on any atom is -0.316 e. The summed E-state index contributed by atoms with van der Waals surface area (Å²) in [7, 11) is 2.09. The second kappa shape index (κ2) is 4.80. The Morgan fingerprint density at radius 1 is 1.20 bits per heavy atom. The van der Waals surface area contributed by atoms with Crippen LogP contribution < -0.4 is 5.32 Å². The van der Waals surface area contributed by atoms with Crippen molar-refractivity contribution in [3.8, 4) is 0 Å². The first-order valence-electron chi connectivity index (χ1n) is 6.08. The molecule has 0 aromatic heterocycles. The highest BCUT2D eigenvalue weighted by molar-refractivity contribution is 5.23. The number of nitrogens with one attached hydrogen (secondary N) is 1. The highest BCUT2D eigenvalue weighted by atomic mass is 14.9. The summed E-state index contributed by atoms with van der Waals surface area (Å²) in [6.07, 6.45) is 5.15. The van der Waals surface area contributed by atoms with Crippen LogP contribution in [0, 0.1) is 5.92 Å². The van der Waals surface area contributed by atoms with Crippen molar-refractivity contribution in [3.63, 3.8) is 0 Å². The molecule has 1 unspecified atom stereocenters. The standard InChI is InChI=1S/C14H21N/c1-3-11-4-6-12(7-5-11)10-14(15-2)13-8-9-13/h4-7,13-15H,3,8-10H2,1-2H3. The van der Waals surface area contributed by atoms with Gasteiger partial charge in [-0.25, -0.2) is 0 Å². The second-order valence-corrected chi connectivity index (χ2v) is 4.61. The molecule has 82 valence electrons. The lowest BCUT2D eigenvalue weighted by molar-refractivity contribution is 0.500. The van der Waals surface area contributed by atoms with Crippen LogP contribution in [0.15, 0.2) is 24.3 Å². The molecule has 0 aliphatic heterocycles. The Morgan fingerprint density at radius 3 is 2.27 bits per heavy atom. The summed E-state index contributed by atoms with van der Waals surface area (Å²) < 4.78 is 0. The molecule has 1 aromatic rings. The number of rotatable bonds is 5. The van der Waals surface area contributed by atoms with Gasteiger partial charge in [0.25, 0.3) is 0 Å². The molecule has 0 amide bonds. The van der Waals surface area contributed by atoms with Gasteiger partial charge < -0.3 is 5.32 Å². The van der Waals surface area contributed by atoms with Crippen LogP contribution in [0.4, 0.5) is 0 Å². The average Bonchev–Trinajstić information content (AvgIpc) is 3.10. The summed E-state index contributed by atoms with van der Waals surface area (Å²) in [6, 6.07) is 9.78. The molecular weight excluding hydrogens is 182 g/mol. The summed E-state index contributed by atoms with van der Waals surface area (Å²) in [4.78, 5) is 0. The molecule has 1 aromatic carbocycles. The van der Waals surface area contributed by atoms with Crippen LogP contribution in [0.5, 0.6) is 0 Å². The van der Waals surface area contributed by atoms with Gasteiger partial charge in [-0.1, -0.05) is 31.2 Å². The summed E-state index contributed by atoms with van der Waals surface area (Å²) in [6.45, 7) is 2.20. The monoisotopic (exact) mass is 203 g/mol. The van der Waals surface area contributed by atoms with E-state index in [0.29, 0.717) is 6.04 Å². The summed E-state index contributed by atoms with van der Waals surface area (Å²) >= 11 is 0. The Bertz CT molecular complexity index is 298. The van der Waals surface area contributed by atoms with E-state index in [1.807, 2.05) is 0 Å². The molecule has 0 radical (unpaired) electrons. The average molecular weight is 203 g/mol. The zero-order valence-electron chi connectivity index (χ0n) is 9.79. The molecular formula is C14H21N. The largest absolute Gasteiger partial charge is 0.316 e. The number of benzene rings is 1. The molecule has 2 rings (SSSR count). The molecule has 1 heteroatoms. The highest BCUT2D eigenvalue weighted by Crippen LogP contribution is 2.33. The molecule has 0 spiro atoms. The maximum Gasteiger partial charge on any atom is 0.0133 e. The number of aryl methyl sites for hydroxylation is 1. The molecule has 1 aliphatic rings. The first-order chi connectivity index (χ1) is 7.33. The maximum atomic E-state index is 3.44. The molecule has 1 N–H and O–H groups in total. The zero-order valence-corrected chi connectivity index (χ0v) is 9.79. The van der Waals surface area contributed by atoms with E-state index in [-0.39, 0.29) is 0 Å². The third kappa shape index (κ3) is 2.82. The normalized spacial score (nSPS) is 17.7. The van der Waals surface area contributed by atoms with E-state index in [4.69, 9.17) is 0 Å². The van der Waals surface area contributed by atoms with Crippen molar-refractivity contribution in [3.05, 3.63) is 35.4 Å². The Balaban J connectivity index is 1.96. The lowest BCUT2D eigenvalue weighted by Gasteiger charge is -2.15. The molecule has 1 atom stereocenters. The fourth-order valence-electron chi connectivity index (χ4n) is 2.17. The molecule has 1 aliphatic carbocycles. The third-order valence-corrected chi connectivity index (χ3v) is 3.45. The summed E-state index contributed by atoms with van der Waals surface area (Å²) in [5.74, 6) is 0.931. The Labute approximate surface area is 92.9 Å². The van der Waals surface area contributed by atoms with Gasteiger partial charge in [0.15, 0.2) is 0 Å². The van der Waals surface area contributed by atoms with Crippen molar-refractivity contribution >= 4 is 0 Å². The minimum atomic E-state index is 0.692. The topological polar surface area (TPSA) is 12.0 Å². The third-order valence-electron chi connectivity index (χ3n) is 3.45. The van der Waals surface area contributed by atoms with E-state index in [0.717, 1.165) is 12.3 Å². The Hall–Kier alpha value is -0.820. The predicted octanol–water partition coefficient (Wildman–Crippen LogP) is 2.79. The predicted molar refractivity (Wildman–Crippen MR) is 65.1 cm³/mol. The van der Waals surface area contributed by atoms with Crippen LogP contribution >= 0.6 is 0 Å². The molecule has 15 heavy (non-hydrogen) atoms. The van der Waals surface area contributed by atoms with E-state index >= 15 is 0 Å². The Kier molecular flexibility index (Phi) is 3.42. The van der Waals surface area contributed by atoms with Crippen molar-refractivity contribution in [1.82, 2.24) is 5.32 Å². The van der Waals surface area contributed by atoms with Crippen LogP contribution in [0.1, 0.15) is 30.9 Å². The fourth-order valence-corrected chi connectivity index (χ4v) is 2.17. The van der Waals surface area contributed by atoms with E-state index in [1.54, 1.807) is 0 Å². The van der Waals surface area contributed by atoms with Gasteiger partial charge >= 0.3 is 0 Å². The summed E-state index contributed by atoms with van der Waals surface area (Å²) in [5.41, 5.74) is 2.91. The van der Waals surface area contributed by atoms with Crippen molar-refractivity contribution in [2.24, 2.45) is 5.92 Å². The quantitative estimate of drug-likeness (QED) is 0.776. The van der Waals surface area contributed by atoms with Gasteiger partial charge in [-0.2, -0.15) is 0 Å². The van der Waals surface area contributed by atoms with E-state index in [9.17, 15) is 0 Å². The van der Waals surface area contributed by atoms with Gasteiger partial charge in [-0.3, -0.25) is 0 Å². The van der Waals surface area contributed by atoms with E-state index in [1.165, 1.54) is 30.4 Å².